The van der Waals surface area contributed by atoms with Crippen LogP contribution in [-0.4, -0.2) is 0 Å². The van der Waals surface area contributed by atoms with Crippen molar-refractivity contribution in [1.29, 1.82) is 0 Å². The maximum absolute atomic E-state index is 4.34. The lowest BCUT2D eigenvalue weighted by molar-refractivity contribution is 1.47. The van der Waals surface area contributed by atoms with Gasteiger partial charge in [-0.3, -0.25) is 0 Å². The third-order valence-electron chi connectivity index (χ3n) is 12.5. The van der Waals surface area contributed by atoms with Gasteiger partial charge in [0.05, 0.1) is 0 Å². The quantitative estimate of drug-likeness (QED) is 0.148. The molecule has 0 nitrogen and oxygen atoms in total. The highest BCUT2D eigenvalue weighted by molar-refractivity contribution is 6.23. The maximum atomic E-state index is 4.34. The highest BCUT2D eigenvalue weighted by Gasteiger charge is 2.20. The van der Waals surface area contributed by atoms with Gasteiger partial charge < -0.3 is 0 Å². The number of allylic oxidation sites excluding steroid dienone is 1. The van der Waals surface area contributed by atoms with Gasteiger partial charge in [0.15, 0.2) is 0 Å². The smallest absolute Gasteiger partial charge is 0.00259 e. The zero-order chi connectivity index (χ0) is 41.0. The number of hydrogen-bond acceptors (Lipinski definition) is 0. The number of fused-ring (bicyclic) bond motifs is 5. The minimum atomic E-state index is 0.983. The molecular weight excluding hydrogens is 733 g/mol. The van der Waals surface area contributed by atoms with Crippen LogP contribution in [0, 0.1) is 6.92 Å². The fourth-order valence-corrected chi connectivity index (χ4v) is 9.74. The van der Waals surface area contributed by atoms with Crippen LogP contribution in [0.15, 0.2) is 213 Å². The van der Waals surface area contributed by atoms with Crippen molar-refractivity contribution in [2.75, 3.05) is 0 Å². The highest BCUT2D eigenvalue weighted by atomic mass is 14.2. The Kier molecular flexibility index (Phi) is 8.80. The fraction of sp³-hybridized carbons (Fsp3) is 0.0164. The molecule has 11 aromatic rings. The zero-order valence-corrected chi connectivity index (χ0v) is 34.1. The normalized spacial score (nSPS) is 11.9. The number of aryl methyl sites for hydroxylation is 1. The molecule has 0 unspecified atom stereocenters. The first-order chi connectivity index (χ1) is 30.0. The predicted molar refractivity (Wildman–Crippen MR) is 265 cm³/mol. The summed E-state index contributed by atoms with van der Waals surface area (Å²) in [6, 6.07) is 74.0. The van der Waals surface area contributed by atoms with Crippen LogP contribution in [0.4, 0.5) is 0 Å². The summed E-state index contributed by atoms with van der Waals surface area (Å²) in [7, 11) is 0. The largest absolute Gasteiger partial charge is 0.0990 e. The van der Waals surface area contributed by atoms with E-state index in [1.165, 1.54) is 109 Å². The first kappa shape index (κ1) is 36.3. The van der Waals surface area contributed by atoms with Crippen LogP contribution in [0.5, 0.6) is 0 Å². The summed E-state index contributed by atoms with van der Waals surface area (Å²) in [5.41, 5.74) is 13.5. The minimum Gasteiger partial charge on any atom is -0.0990 e. The predicted octanol–water partition coefficient (Wildman–Crippen LogP) is 15.5. The molecule has 0 bridgehead atoms. The van der Waals surface area contributed by atoms with Crippen LogP contribution in [0.2, 0.25) is 0 Å². The standard InChI is InChI=1S/C61H42/c1-4-14-44-36-48(26-25-40(44)3)61-55-24-12-11-23-54(55)60(49-32-29-41-16-5-6-17-45(41)37-49)56-34-33-46(38-57(56)61)42-27-30-43(31-28-42)58-50-19-7-9-21-52(50)59(47-18-13-15-39(2)35-47)53-22-10-8-20-51(53)58/h4-38H,1,3H2,2H3/b44-14-. The van der Waals surface area contributed by atoms with Crippen LogP contribution in [0.3, 0.4) is 0 Å². The molecule has 0 aliphatic rings. The molecule has 61 heavy (non-hydrogen) atoms. The van der Waals surface area contributed by atoms with E-state index in [2.05, 4.69) is 226 Å². The van der Waals surface area contributed by atoms with Crippen molar-refractivity contribution >= 4 is 66.5 Å². The molecule has 11 rings (SSSR count). The lowest BCUT2D eigenvalue weighted by Gasteiger charge is -2.19. The number of rotatable bonds is 6. The van der Waals surface area contributed by atoms with E-state index in [9.17, 15) is 0 Å². The average Bonchev–Trinajstić information content (AvgIpc) is 3.30. The molecule has 0 fully saturated rings. The van der Waals surface area contributed by atoms with E-state index in [1.807, 2.05) is 6.08 Å². The third-order valence-corrected chi connectivity index (χ3v) is 12.5. The van der Waals surface area contributed by atoms with E-state index < -0.39 is 0 Å². The van der Waals surface area contributed by atoms with Gasteiger partial charge in [0.2, 0.25) is 0 Å². The molecular formula is C61H42. The Labute approximate surface area is 356 Å². The SMILES string of the molecule is C=C/C=c1/cc(-c2c3ccccc3c(-c3ccc4ccccc4c3)c3ccc(-c4ccc(-c5c6ccccc6c(-c6cccc(C)c6)c6ccccc56)cc4)cc23)ccc1=C. The third kappa shape index (κ3) is 6.15. The van der Waals surface area contributed by atoms with Crippen molar-refractivity contribution in [2.45, 2.75) is 6.92 Å². The van der Waals surface area contributed by atoms with Crippen LogP contribution >= 0.6 is 0 Å². The van der Waals surface area contributed by atoms with Gasteiger partial charge in [-0.1, -0.05) is 213 Å². The average molecular weight is 775 g/mol. The first-order valence-electron chi connectivity index (χ1n) is 21.1. The molecule has 11 aromatic carbocycles. The van der Waals surface area contributed by atoms with Crippen molar-refractivity contribution in [3.05, 3.63) is 229 Å². The molecule has 0 heterocycles. The van der Waals surface area contributed by atoms with E-state index in [4.69, 9.17) is 0 Å². The summed E-state index contributed by atoms with van der Waals surface area (Å²) in [5.74, 6) is 0. The molecule has 0 aliphatic heterocycles. The van der Waals surface area contributed by atoms with E-state index in [0.29, 0.717) is 0 Å². The molecule has 0 saturated carbocycles. The topological polar surface area (TPSA) is 0 Å². The summed E-state index contributed by atoms with van der Waals surface area (Å²) in [6.45, 7) is 10.5. The summed E-state index contributed by atoms with van der Waals surface area (Å²) >= 11 is 0. The fourth-order valence-electron chi connectivity index (χ4n) is 9.74. The van der Waals surface area contributed by atoms with Gasteiger partial charge in [0, 0.05) is 0 Å². The van der Waals surface area contributed by atoms with Gasteiger partial charge in [-0.2, -0.15) is 0 Å². The van der Waals surface area contributed by atoms with Gasteiger partial charge in [0.1, 0.15) is 0 Å². The molecule has 0 atom stereocenters. The first-order valence-corrected chi connectivity index (χ1v) is 21.1. The molecule has 0 spiro atoms. The van der Waals surface area contributed by atoms with Crippen LogP contribution in [-0.2, 0) is 0 Å². The van der Waals surface area contributed by atoms with Crippen molar-refractivity contribution in [2.24, 2.45) is 0 Å². The Morgan fingerprint density at radius 3 is 1.39 bits per heavy atom. The minimum absolute atomic E-state index is 0.983. The summed E-state index contributed by atoms with van der Waals surface area (Å²) in [5, 5.41) is 14.5. The van der Waals surface area contributed by atoms with Crippen LogP contribution in [0.25, 0.3) is 122 Å². The zero-order valence-electron chi connectivity index (χ0n) is 34.1. The van der Waals surface area contributed by atoms with Gasteiger partial charge in [-0.15, -0.1) is 0 Å². The summed E-state index contributed by atoms with van der Waals surface area (Å²) < 4.78 is 0. The van der Waals surface area contributed by atoms with Crippen molar-refractivity contribution in [3.8, 4) is 55.6 Å². The van der Waals surface area contributed by atoms with Crippen molar-refractivity contribution < 1.29 is 0 Å². The molecule has 0 amide bonds. The van der Waals surface area contributed by atoms with Crippen molar-refractivity contribution in [3.63, 3.8) is 0 Å². The van der Waals surface area contributed by atoms with Crippen LogP contribution in [0.1, 0.15) is 5.56 Å². The molecule has 0 aliphatic carbocycles. The Bertz CT molecular complexity index is 3620. The lowest BCUT2D eigenvalue weighted by atomic mass is 9.84. The van der Waals surface area contributed by atoms with E-state index in [0.717, 1.165) is 16.0 Å². The van der Waals surface area contributed by atoms with Gasteiger partial charge in [-0.05, 0) is 145 Å². The van der Waals surface area contributed by atoms with Gasteiger partial charge >= 0.3 is 0 Å². The molecule has 286 valence electrons. The monoisotopic (exact) mass is 774 g/mol. The second-order valence-electron chi connectivity index (χ2n) is 16.2. The Balaban J connectivity index is 1.13. The second kappa shape index (κ2) is 14.8. The maximum Gasteiger partial charge on any atom is -0.00259 e. The molecule has 0 N–H and O–H groups in total. The summed E-state index contributed by atoms with van der Waals surface area (Å²) in [4.78, 5) is 0. The molecule has 0 heteroatoms. The number of benzene rings is 11. The molecule has 0 radical (unpaired) electrons. The van der Waals surface area contributed by atoms with E-state index >= 15 is 0 Å². The Hall–Kier alpha value is -7.80. The van der Waals surface area contributed by atoms with Crippen LogP contribution < -0.4 is 10.4 Å². The molecule has 0 aromatic heterocycles. The van der Waals surface area contributed by atoms with E-state index in [1.54, 1.807) is 0 Å². The van der Waals surface area contributed by atoms with Crippen molar-refractivity contribution in [1.82, 2.24) is 0 Å². The highest BCUT2D eigenvalue weighted by Crippen LogP contribution is 2.47. The summed E-state index contributed by atoms with van der Waals surface area (Å²) in [6.07, 6.45) is 3.90. The van der Waals surface area contributed by atoms with Gasteiger partial charge in [-0.25, -0.2) is 0 Å². The Morgan fingerprint density at radius 1 is 0.328 bits per heavy atom. The number of hydrogen-bond donors (Lipinski definition) is 0. The molecule has 0 saturated heterocycles. The second-order valence-corrected chi connectivity index (χ2v) is 16.2. The lowest BCUT2D eigenvalue weighted by Crippen LogP contribution is -2.22. The van der Waals surface area contributed by atoms with E-state index in [-0.39, 0.29) is 0 Å². The Morgan fingerprint density at radius 2 is 0.787 bits per heavy atom. The van der Waals surface area contributed by atoms with Gasteiger partial charge in [0.25, 0.3) is 0 Å².